The third kappa shape index (κ3) is 5.55. The summed E-state index contributed by atoms with van der Waals surface area (Å²) in [6, 6.07) is 21.4. The van der Waals surface area contributed by atoms with E-state index in [1.54, 1.807) is 18.4 Å². The van der Waals surface area contributed by atoms with Crippen molar-refractivity contribution in [3.8, 4) is 11.5 Å². The molecule has 0 saturated heterocycles. The van der Waals surface area contributed by atoms with Crippen molar-refractivity contribution in [3.05, 3.63) is 102 Å². The molecule has 0 radical (unpaired) electrons. The molecular weight excluding hydrogens is 353 g/mol. The van der Waals surface area contributed by atoms with E-state index >= 15 is 0 Å². The van der Waals surface area contributed by atoms with Crippen LogP contribution in [0.4, 0.5) is 10.1 Å². The van der Waals surface area contributed by atoms with E-state index in [1.165, 1.54) is 12.1 Å². The van der Waals surface area contributed by atoms with Crippen LogP contribution in [0.25, 0.3) is 0 Å². The zero-order chi connectivity index (χ0) is 19.9. The van der Waals surface area contributed by atoms with E-state index in [1.807, 2.05) is 69.3 Å². The first-order valence-electron chi connectivity index (χ1n) is 8.99. The zero-order valence-electron chi connectivity index (χ0n) is 16.1. The Balaban J connectivity index is 1.87. The molecule has 0 aliphatic carbocycles. The van der Waals surface area contributed by atoms with Gasteiger partial charge in [0.15, 0.2) is 0 Å². The monoisotopic (exact) mass is 375 g/mol. The fourth-order valence-corrected chi connectivity index (χ4v) is 2.37. The number of hydrogen-bond acceptors (Lipinski definition) is 3. The summed E-state index contributed by atoms with van der Waals surface area (Å²) in [5.41, 5.74) is 3.76. The van der Waals surface area contributed by atoms with Crippen molar-refractivity contribution in [2.75, 3.05) is 0 Å². The summed E-state index contributed by atoms with van der Waals surface area (Å²) in [6.07, 6.45) is 1.60. The molecule has 0 fully saturated rings. The van der Waals surface area contributed by atoms with Gasteiger partial charge >= 0.3 is 0 Å². The molecule has 4 heteroatoms. The Morgan fingerprint density at radius 2 is 1.32 bits per heavy atom. The lowest BCUT2D eigenvalue weighted by Gasteiger charge is -2.10. The Labute approximate surface area is 164 Å². The van der Waals surface area contributed by atoms with Crippen LogP contribution < -0.4 is 9.47 Å². The Morgan fingerprint density at radius 3 is 1.93 bits per heavy atom. The number of nitrogens with zero attached hydrogens (tertiary/aromatic N) is 1. The van der Waals surface area contributed by atoms with Gasteiger partial charge in [0.25, 0.3) is 0 Å². The lowest BCUT2D eigenvalue weighted by molar-refractivity contribution is 0.473. The number of aryl methyl sites for hydroxylation is 2. The second-order valence-electron chi connectivity index (χ2n) is 6.54. The van der Waals surface area contributed by atoms with Gasteiger partial charge in [-0.3, -0.25) is 0 Å². The minimum absolute atomic E-state index is 0.320. The van der Waals surface area contributed by atoms with Gasteiger partial charge in [0.2, 0.25) is 5.90 Å². The number of aliphatic imine (C=N–C) groups is 1. The van der Waals surface area contributed by atoms with Crippen molar-refractivity contribution in [2.24, 2.45) is 4.99 Å². The molecule has 142 valence electrons. The van der Waals surface area contributed by atoms with Crippen molar-refractivity contribution in [3.63, 3.8) is 0 Å². The van der Waals surface area contributed by atoms with Gasteiger partial charge in [-0.1, -0.05) is 35.4 Å². The summed E-state index contributed by atoms with van der Waals surface area (Å²) in [7, 11) is 0. The van der Waals surface area contributed by atoms with Gasteiger partial charge in [0.1, 0.15) is 17.3 Å². The average molecular weight is 375 g/mol. The molecular formula is C24H22FNO2. The van der Waals surface area contributed by atoms with Gasteiger partial charge in [-0.05, 0) is 69.3 Å². The van der Waals surface area contributed by atoms with E-state index in [4.69, 9.17) is 9.47 Å². The van der Waals surface area contributed by atoms with E-state index < -0.39 is 0 Å². The van der Waals surface area contributed by atoms with Gasteiger partial charge < -0.3 is 9.47 Å². The molecule has 28 heavy (non-hydrogen) atoms. The lowest BCUT2D eigenvalue weighted by atomic mass is 10.2. The quantitative estimate of drug-likeness (QED) is 0.288. The Morgan fingerprint density at radius 1 is 0.786 bits per heavy atom. The Bertz CT molecular complexity index is 973. The highest BCUT2D eigenvalue weighted by molar-refractivity contribution is 5.96. The summed E-state index contributed by atoms with van der Waals surface area (Å²) in [6.45, 7) is 5.89. The van der Waals surface area contributed by atoms with Crippen molar-refractivity contribution in [1.82, 2.24) is 0 Å². The molecule has 0 aromatic heterocycles. The summed E-state index contributed by atoms with van der Waals surface area (Å²) in [5.74, 6) is 1.28. The summed E-state index contributed by atoms with van der Waals surface area (Å²) < 4.78 is 24.8. The highest BCUT2D eigenvalue weighted by atomic mass is 19.1. The number of ether oxygens (including phenoxy) is 2. The molecule has 0 heterocycles. The fraction of sp³-hybridized carbons (Fsp3) is 0.125. The van der Waals surface area contributed by atoms with E-state index in [2.05, 4.69) is 4.99 Å². The zero-order valence-corrected chi connectivity index (χ0v) is 16.1. The maximum absolute atomic E-state index is 13.2. The number of halogens is 1. The molecule has 0 aliphatic rings. The molecule has 3 aromatic carbocycles. The van der Waals surface area contributed by atoms with E-state index in [-0.39, 0.29) is 5.82 Å². The summed E-state index contributed by atoms with van der Waals surface area (Å²) in [4.78, 5) is 4.60. The normalized spacial score (nSPS) is 12.0. The van der Waals surface area contributed by atoms with E-state index in [9.17, 15) is 4.39 Å². The van der Waals surface area contributed by atoms with E-state index in [0.29, 0.717) is 17.2 Å². The van der Waals surface area contributed by atoms with Gasteiger partial charge in [0.05, 0.1) is 11.9 Å². The molecule has 3 rings (SSSR count). The van der Waals surface area contributed by atoms with Crippen LogP contribution in [0.15, 0.2) is 89.6 Å². The van der Waals surface area contributed by atoms with Crippen LogP contribution in [0.3, 0.4) is 0 Å². The molecule has 0 spiro atoms. The minimum Gasteiger partial charge on any atom is -0.465 e. The van der Waals surface area contributed by atoms with Crippen molar-refractivity contribution < 1.29 is 13.9 Å². The van der Waals surface area contributed by atoms with Crippen LogP contribution in [-0.2, 0) is 0 Å². The third-order valence-electron chi connectivity index (χ3n) is 4.02. The SMILES string of the molecule is C/C(=C\Oc1ccc(C)cc1)C(=Nc1ccc(C)cc1)Oc1ccc(F)cc1. The Hall–Kier alpha value is -3.40. The number of rotatable bonds is 5. The number of hydrogen-bond donors (Lipinski definition) is 0. The largest absolute Gasteiger partial charge is 0.465 e. The van der Waals surface area contributed by atoms with E-state index in [0.717, 1.165) is 22.6 Å². The maximum atomic E-state index is 13.2. The van der Waals surface area contributed by atoms with Crippen LogP contribution in [0, 0.1) is 19.7 Å². The second-order valence-corrected chi connectivity index (χ2v) is 6.54. The van der Waals surface area contributed by atoms with Crippen LogP contribution in [0.1, 0.15) is 18.1 Å². The van der Waals surface area contributed by atoms with Crippen LogP contribution >= 0.6 is 0 Å². The predicted molar refractivity (Wildman–Crippen MR) is 111 cm³/mol. The summed E-state index contributed by atoms with van der Waals surface area (Å²) >= 11 is 0. The van der Waals surface area contributed by atoms with Crippen LogP contribution in [0.2, 0.25) is 0 Å². The molecule has 0 N–H and O–H groups in total. The highest BCUT2D eigenvalue weighted by Crippen LogP contribution is 2.19. The topological polar surface area (TPSA) is 30.8 Å². The average Bonchev–Trinajstić information content (AvgIpc) is 2.70. The molecule has 0 atom stereocenters. The molecule has 0 unspecified atom stereocenters. The molecule has 0 bridgehead atoms. The predicted octanol–water partition coefficient (Wildman–Crippen LogP) is 6.53. The Kier molecular flexibility index (Phi) is 6.22. The summed E-state index contributed by atoms with van der Waals surface area (Å²) in [5, 5.41) is 0. The standard InChI is InChI=1S/C24H22FNO2/c1-17-4-10-21(11-5-17)26-24(28-23-14-8-20(25)9-15-23)19(3)16-27-22-12-6-18(2)7-13-22/h4-16H,1-3H3/b19-16+,26-24?. The second kappa shape index (κ2) is 9.00. The van der Waals surface area contributed by atoms with Gasteiger partial charge in [-0.2, -0.15) is 0 Å². The number of benzene rings is 3. The molecule has 0 amide bonds. The highest BCUT2D eigenvalue weighted by Gasteiger charge is 2.08. The molecule has 3 nitrogen and oxygen atoms in total. The van der Waals surface area contributed by atoms with Gasteiger partial charge in [-0.15, -0.1) is 0 Å². The fourth-order valence-electron chi connectivity index (χ4n) is 2.37. The van der Waals surface area contributed by atoms with Gasteiger partial charge in [0, 0.05) is 5.57 Å². The first-order valence-corrected chi connectivity index (χ1v) is 8.99. The van der Waals surface area contributed by atoms with Crippen molar-refractivity contribution in [1.29, 1.82) is 0 Å². The van der Waals surface area contributed by atoms with Crippen molar-refractivity contribution >= 4 is 11.6 Å². The van der Waals surface area contributed by atoms with Crippen LogP contribution in [0.5, 0.6) is 11.5 Å². The van der Waals surface area contributed by atoms with Crippen LogP contribution in [-0.4, -0.2) is 5.90 Å². The van der Waals surface area contributed by atoms with Gasteiger partial charge in [-0.25, -0.2) is 9.38 Å². The first kappa shape index (κ1) is 19.4. The van der Waals surface area contributed by atoms with Crippen molar-refractivity contribution in [2.45, 2.75) is 20.8 Å². The third-order valence-corrected chi connectivity index (χ3v) is 4.02. The lowest BCUT2D eigenvalue weighted by Crippen LogP contribution is -2.11. The molecule has 0 saturated carbocycles. The molecule has 0 aliphatic heterocycles. The first-order chi connectivity index (χ1) is 13.5. The molecule has 3 aromatic rings. The smallest absolute Gasteiger partial charge is 0.225 e. The maximum Gasteiger partial charge on any atom is 0.225 e. The minimum atomic E-state index is -0.320.